The maximum absolute atomic E-state index is 12.4. The van der Waals surface area contributed by atoms with E-state index in [1.165, 1.54) is 214 Å². The Balaban J connectivity index is 0.000000104. The van der Waals surface area contributed by atoms with Crippen molar-refractivity contribution in [1.29, 1.82) is 0 Å². The van der Waals surface area contributed by atoms with Crippen LogP contribution in [0, 0.1) is 48.7 Å². The van der Waals surface area contributed by atoms with Crippen LogP contribution in [0.4, 0.5) is 8.78 Å². The number of aliphatic hydroxyl groups is 1. The fourth-order valence-electron chi connectivity index (χ4n) is 22.9. The molecule has 0 atom stereocenters. The molecule has 22 heteroatoms. The van der Waals surface area contributed by atoms with Gasteiger partial charge in [0.05, 0.1) is 23.7 Å². The van der Waals surface area contributed by atoms with Crippen molar-refractivity contribution in [3.05, 3.63) is 0 Å². The van der Waals surface area contributed by atoms with Crippen LogP contribution >= 0.6 is 0 Å². The Morgan fingerprint density at radius 2 is 0.800 bits per heavy atom. The number of rotatable bonds is 1. The first kappa shape index (κ1) is 78.2. The van der Waals surface area contributed by atoms with Crippen LogP contribution in [0.1, 0.15) is 117 Å². The summed E-state index contributed by atoms with van der Waals surface area (Å²) in [5.41, 5.74) is 5.64. The van der Waals surface area contributed by atoms with E-state index in [4.69, 9.17) is 19.3 Å². The number of likely N-dealkylation sites (tertiary alicyclic amines) is 13. The van der Waals surface area contributed by atoms with E-state index in [-0.39, 0.29) is 18.4 Å². The topological polar surface area (TPSA) is 131 Å². The lowest BCUT2D eigenvalue weighted by Gasteiger charge is -2.60. The molecule has 0 aromatic heterocycles. The molecule has 18 aliphatic heterocycles. The monoisotopic (exact) mass is 1410 g/mol. The molecule has 3 N–H and O–H groups in total. The number of carbonyl (C=O) groups excluding carboxylic acids is 1. The maximum atomic E-state index is 12.4. The van der Waals surface area contributed by atoms with Crippen molar-refractivity contribution in [2.24, 2.45) is 48.7 Å². The SMILES string of the molecule is CC(C)N1CC2(CN(C)C2)C1.CN1CC2(C1)CC2(F)F.CN1CC2(C1)CN(C)C2.CN1CC2(CC(O)C2)C1.CN1CC2(CC2)C1.CN1CC2(CCC2)C1.CN1CC2(CCCN2)C1.CN1CC2(CCCO2)C1.CN1CC2(CCOC2)C1.CN1CC2(CCOCC2)C1.CN1CC2(CNC(=O)C2)C1. The highest BCUT2D eigenvalue weighted by molar-refractivity contribution is 5.79. The number of halogens is 2. The minimum Gasteiger partial charge on any atom is -0.393 e. The van der Waals surface area contributed by atoms with Crippen molar-refractivity contribution < 1.29 is 32.9 Å². The first-order valence-electron chi connectivity index (χ1n) is 40.0. The minimum atomic E-state index is -2.32. The molecule has 22 fully saturated rings. The molecule has 18 heterocycles. The Hall–Kier alpha value is -1.39. The Labute approximate surface area is 605 Å². The predicted octanol–water partition coefficient (Wildman–Crippen LogP) is 4.39. The van der Waals surface area contributed by atoms with E-state index in [9.17, 15) is 13.6 Å². The molecular formula is C78H145F2N15O5. The molecule has 4 saturated carbocycles. The van der Waals surface area contributed by atoms with Gasteiger partial charge in [0.15, 0.2) is 0 Å². The normalized spacial score (nSPS) is 33.1. The molecule has 576 valence electrons. The van der Waals surface area contributed by atoms with Gasteiger partial charge in [-0.1, -0.05) is 6.42 Å². The smallest absolute Gasteiger partial charge is 0.257 e. The van der Waals surface area contributed by atoms with Gasteiger partial charge >= 0.3 is 0 Å². The third kappa shape index (κ3) is 18.8. The number of hydrogen-bond acceptors (Lipinski definition) is 19. The summed E-state index contributed by atoms with van der Waals surface area (Å²) in [4.78, 5) is 41.3. The number of alkyl halides is 2. The second-order valence-electron chi connectivity index (χ2n) is 40.0. The van der Waals surface area contributed by atoms with E-state index in [0.717, 1.165) is 113 Å². The van der Waals surface area contributed by atoms with Crippen molar-refractivity contribution >= 4 is 5.91 Å². The summed E-state index contributed by atoms with van der Waals surface area (Å²) in [7, 11) is 25.8. The van der Waals surface area contributed by atoms with Crippen LogP contribution in [0.3, 0.4) is 0 Å². The summed E-state index contributed by atoms with van der Waals surface area (Å²) in [6.45, 7) is 43.7. The summed E-state index contributed by atoms with van der Waals surface area (Å²) in [5.74, 6) is -2.09. The molecule has 0 unspecified atom stereocenters. The molecule has 1 amide bonds. The quantitative estimate of drug-likeness (QED) is 0.343. The highest BCUT2D eigenvalue weighted by atomic mass is 19.3. The first-order chi connectivity index (χ1) is 47.1. The molecule has 4 aliphatic carbocycles. The van der Waals surface area contributed by atoms with Gasteiger partial charge < -0.3 is 88.7 Å². The fraction of sp³-hybridized carbons (Fsp3) is 0.987. The lowest BCUT2D eigenvalue weighted by molar-refractivity contribution is -0.120. The van der Waals surface area contributed by atoms with Crippen LogP contribution in [0.5, 0.6) is 0 Å². The van der Waals surface area contributed by atoms with E-state index >= 15 is 0 Å². The van der Waals surface area contributed by atoms with Gasteiger partial charge in [-0.25, -0.2) is 8.78 Å². The van der Waals surface area contributed by atoms with Crippen molar-refractivity contribution in [2.45, 2.75) is 146 Å². The molecule has 0 radical (unpaired) electrons. The van der Waals surface area contributed by atoms with Gasteiger partial charge in [0.1, 0.15) is 0 Å². The number of nitrogens with one attached hydrogen (secondary N) is 2. The van der Waals surface area contributed by atoms with Gasteiger partial charge in [-0.3, -0.25) is 9.69 Å². The molecule has 22 aliphatic rings. The highest BCUT2D eigenvalue weighted by Crippen LogP contribution is 2.65. The molecule has 11 spiro atoms. The van der Waals surface area contributed by atoms with Gasteiger partial charge in [0.25, 0.3) is 5.92 Å². The second kappa shape index (κ2) is 30.6. The van der Waals surface area contributed by atoms with Crippen LogP contribution in [0.25, 0.3) is 0 Å². The molecule has 0 aromatic carbocycles. The third-order valence-electron chi connectivity index (χ3n) is 27.5. The van der Waals surface area contributed by atoms with E-state index < -0.39 is 11.3 Å². The fourth-order valence-corrected chi connectivity index (χ4v) is 22.9. The summed E-state index contributed by atoms with van der Waals surface area (Å²) in [6.07, 6.45) is 19.8. The molecule has 22 rings (SSSR count). The number of ether oxygens (including phenoxy) is 3. The summed E-state index contributed by atoms with van der Waals surface area (Å²) in [5, 5.41) is 15.4. The largest absolute Gasteiger partial charge is 0.393 e. The lowest BCUT2D eigenvalue weighted by Crippen LogP contribution is -2.72. The van der Waals surface area contributed by atoms with E-state index in [2.05, 4.69) is 161 Å². The van der Waals surface area contributed by atoms with Crippen LogP contribution < -0.4 is 10.6 Å². The lowest BCUT2D eigenvalue weighted by atomic mass is 9.62. The van der Waals surface area contributed by atoms with E-state index in [1.54, 1.807) is 0 Å². The summed E-state index contributed by atoms with van der Waals surface area (Å²) in [6, 6.07) is 0.756. The predicted molar refractivity (Wildman–Crippen MR) is 397 cm³/mol. The third-order valence-corrected chi connectivity index (χ3v) is 27.5. The number of hydrogen-bond donors (Lipinski definition) is 3. The van der Waals surface area contributed by atoms with Crippen LogP contribution in [0.15, 0.2) is 0 Å². The van der Waals surface area contributed by atoms with Crippen LogP contribution in [-0.4, -0.2) is 405 Å². The molecular weight excluding hydrogens is 1260 g/mol. The molecule has 18 saturated heterocycles. The number of amides is 1. The standard InChI is InChI=1S/C9H18N2.C8H15NO.C7H12N2O.2C7H14N2.3C7H13NO.C7H13N.C6H9F2N.C6H11N/c1-8(2)11-6-9(7-11)4-10(3)5-9;1-9-6-8(7-9)2-4-10-5-3-8;1-9-4-7(5-9)2-6(10)8-3-7;1-8-3-7(4-8)5-9(2)6-7;1-9-5-7(6-9)3-2-4-8-7;1-8-4-7(5-8)2-6(9)3-7;1-8-4-7(5-8)2-3-9-6-7;1-8-5-7(6-8)3-2-4-9-7;1-8-5-7(6-8)3-2-4-7;1-9-3-5(4-9)2-6(5,7)8;1-7-4-6(5-7)2-3-6/h8H,4-7H2,1-3H3;2-7H2,1H3;2-5H2,1H3,(H,8,10);3-6H2,1-2H3;8H,2-6H2,1H3;6,9H,2-5H2,1H3;2*2-6H2,1H3;2-6H2,1H3;2-4H2,1H3;2-5H2,1H3. The van der Waals surface area contributed by atoms with Gasteiger partial charge in [-0.05, 0) is 199 Å². The molecule has 0 bridgehead atoms. The Morgan fingerprint density at radius 3 is 1.11 bits per heavy atom. The van der Waals surface area contributed by atoms with Gasteiger partial charge in [0, 0.05) is 260 Å². The van der Waals surface area contributed by atoms with Crippen LogP contribution in [-0.2, 0) is 19.0 Å². The van der Waals surface area contributed by atoms with Gasteiger partial charge in [0.2, 0.25) is 5.91 Å². The Morgan fingerprint density at radius 1 is 0.410 bits per heavy atom. The zero-order valence-corrected chi connectivity index (χ0v) is 66.0. The Kier molecular flexibility index (Phi) is 23.9. The average Bonchev–Trinajstić information content (AvgIpc) is 1.51. The first-order valence-corrected chi connectivity index (χ1v) is 40.0. The highest BCUT2D eigenvalue weighted by Gasteiger charge is 2.75. The maximum Gasteiger partial charge on any atom is 0.257 e. The summed E-state index contributed by atoms with van der Waals surface area (Å²) >= 11 is 0. The minimum absolute atomic E-state index is 0.0266. The van der Waals surface area contributed by atoms with Crippen LogP contribution in [0.2, 0.25) is 0 Å². The zero-order valence-electron chi connectivity index (χ0n) is 66.0. The number of nitrogens with zero attached hydrogens (tertiary/aromatic N) is 13. The average molecular weight is 1410 g/mol. The van der Waals surface area contributed by atoms with E-state index in [1.807, 2.05) is 11.9 Å². The number of carbonyl (C=O) groups is 1. The number of likely N-dealkylation sites (N-methyl/N-ethyl adjacent to an activating group) is 2. The second-order valence-corrected chi connectivity index (χ2v) is 40.0. The Bertz CT molecular complexity index is 2410. The molecule has 0 aromatic rings. The van der Waals surface area contributed by atoms with Crippen molar-refractivity contribution in [1.82, 2.24) is 74.3 Å². The van der Waals surface area contributed by atoms with Crippen molar-refractivity contribution in [2.75, 3.05) is 301 Å². The van der Waals surface area contributed by atoms with E-state index in [0.29, 0.717) is 45.9 Å². The van der Waals surface area contributed by atoms with Gasteiger partial charge in [-0.15, -0.1) is 0 Å². The van der Waals surface area contributed by atoms with Gasteiger partial charge in [-0.2, -0.15) is 0 Å². The summed E-state index contributed by atoms with van der Waals surface area (Å²) < 4.78 is 41.0. The van der Waals surface area contributed by atoms with Crippen molar-refractivity contribution in [3.63, 3.8) is 0 Å². The molecule has 20 nitrogen and oxygen atoms in total. The van der Waals surface area contributed by atoms with Crippen molar-refractivity contribution in [3.8, 4) is 0 Å². The zero-order chi connectivity index (χ0) is 71.4. The number of aliphatic hydroxyl groups excluding tert-OH is 1. The molecule has 100 heavy (non-hydrogen) atoms.